The molecule has 0 saturated heterocycles. The van der Waals surface area contributed by atoms with Gasteiger partial charge in [-0.1, -0.05) is 18.2 Å². The highest BCUT2D eigenvalue weighted by Crippen LogP contribution is 2.34. The van der Waals surface area contributed by atoms with Gasteiger partial charge in [-0.15, -0.1) is 24.0 Å². The van der Waals surface area contributed by atoms with Gasteiger partial charge < -0.3 is 15.4 Å². The van der Waals surface area contributed by atoms with Crippen LogP contribution in [0.15, 0.2) is 35.3 Å². The zero-order chi connectivity index (χ0) is 16.6. The van der Waals surface area contributed by atoms with Crippen LogP contribution >= 0.6 is 24.0 Å². The third-order valence-electron chi connectivity index (χ3n) is 4.57. The first-order valence-corrected chi connectivity index (χ1v) is 9.21. The molecule has 140 valence electrons. The van der Waals surface area contributed by atoms with E-state index in [4.69, 9.17) is 4.74 Å². The quantitative estimate of drug-likeness (QED) is 0.245. The zero-order valence-corrected chi connectivity index (χ0v) is 17.4. The van der Waals surface area contributed by atoms with Crippen LogP contribution in [0, 0.1) is 5.92 Å². The Balaban J connectivity index is 0.00000225. The summed E-state index contributed by atoms with van der Waals surface area (Å²) < 4.78 is 5.68. The van der Waals surface area contributed by atoms with Gasteiger partial charge in [-0.3, -0.25) is 9.89 Å². The summed E-state index contributed by atoms with van der Waals surface area (Å²) in [4.78, 5) is 6.95. The van der Waals surface area contributed by atoms with Gasteiger partial charge in [0.15, 0.2) is 5.96 Å². The van der Waals surface area contributed by atoms with Crippen molar-refractivity contribution >= 4 is 29.9 Å². The first-order chi connectivity index (χ1) is 11.8. The van der Waals surface area contributed by atoms with Crippen molar-refractivity contribution in [2.75, 3.05) is 39.8 Å². The van der Waals surface area contributed by atoms with Crippen LogP contribution in [0.25, 0.3) is 0 Å². The van der Waals surface area contributed by atoms with Crippen LogP contribution in [0.3, 0.4) is 0 Å². The van der Waals surface area contributed by atoms with E-state index in [0.29, 0.717) is 6.61 Å². The van der Waals surface area contributed by atoms with E-state index in [-0.39, 0.29) is 24.0 Å². The van der Waals surface area contributed by atoms with Crippen molar-refractivity contribution < 1.29 is 4.74 Å². The SMILES string of the molecule is CN=C(NCCOc1ccccc1)NCCN(CC1CC1)C1CC1.I. The Bertz CT molecular complexity index is 517. The van der Waals surface area contributed by atoms with Gasteiger partial charge in [-0.2, -0.15) is 0 Å². The van der Waals surface area contributed by atoms with Crippen molar-refractivity contribution in [3.05, 3.63) is 30.3 Å². The van der Waals surface area contributed by atoms with E-state index < -0.39 is 0 Å². The number of nitrogens with one attached hydrogen (secondary N) is 2. The largest absolute Gasteiger partial charge is 0.492 e. The van der Waals surface area contributed by atoms with Gasteiger partial charge in [0.25, 0.3) is 0 Å². The number of ether oxygens (including phenoxy) is 1. The highest BCUT2D eigenvalue weighted by molar-refractivity contribution is 14.0. The maximum absolute atomic E-state index is 5.68. The second-order valence-corrected chi connectivity index (χ2v) is 6.76. The Labute approximate surface area is 168 Å². The molecule has 2 aliphatic rings. The molecule has 0 atom stereocenters. The number of hydrogen-bond donors (Lipinski definition) is 2. The molecule has 2 aliphatic carbocycles. The number of rotatable bonds is 10. The van der Waals surface area contributed by atoms with E-state index in [1.807, 2.05) is 37.4 Å². The van der Waals surface area contributed by atoms with Gasteiger partial charge in [-0.25, -0.2) is 0 Å². The number of guanidine groups is 1. The Morgan fingerprint density at radius 3 is 2.48 bits per heavy atom. The van der Waals surface area contributed by atoms with Gasteiger partial charge in [0.1, 0.15) is 12.4 Å². The average Bonchev–Trinajstić information content (AvgIpc) is 3.50. The topological polar surface area (TPSA) is 48.9 Å². The normalized spacial score (nSPS) is 17.1. The first kappa shape index (κ1) is 20.3. The molecule has 3 rings (SSSR count). The molecular formula is C19H31IN4O. The molecule has 25 heavy (non-hydrogen) atoms. The maximum Gasteiger partial charge on any atom is 0.191 e. The molecule has 0 heterocycles. The van der Waals surface area contributed by atoms with Crippen LogP contribution in [0.5, 0.6) is 5.75 Å². The van der Waals surface area contributed by atoms with Crippen molar-refractivity contribution in [3.63, 3.8) is 0 Å². The molecule has 0 amide bonds. The Kier molecular flexibility index (Phi) is 8.81. The van der Waals surface area contributed by atoms with Crippen LogP contribution < -0.4 is 15.4 Å². The predicted octanol–water partition coefficient (Wildman–Crippen LogP) is 2.72. The molecule has 1 aromatic rings. The van der Waals surface area contributed by atoms with E-state index in [1.54, 1.807) is 0 Å². The molecular weight excluding hydrogens is 427 g/mol. The second kappa shape index (κ2) is 10.9. The summed E-state index contributed by atoms with van der Waals surface area (Å²) in [6.07, 6.45) is 5.63. The van der Waals surface area contributed by atoms with Crippen molar-refractivity contribution in [3.8, 4) is 5.75 Å². The fraction of sp³-hybridized carbons (Fsp3) is 0.632. The maximum atomic E-state index is 5.68. The molecule has 2 fully saturated rings. The van der Waals surface area contributed by atoms with Crippen molar-refractivity contribution in [2.24, 2.45) is 10.9 Å². The molecule has 2 N–H and O–H groups in total. The number of hydrogen-bond acceptors (Lipinski definition) is 3. The minimum Gasteiger partial charge on any atom is -0.492 e. The zero-order valence-electron chi connectivity index (χ0n) is 15.1. The minimum absolute atomic E-state index is 0. The van der Waals surface area contributed by atoms with Crippen LogP contribution in [-0.4, -0.2) is 56.7 Å². The van der Waals surface area contributed by atoms with Gasteiger partial charge in [0.2, 0.25) is 0 Å². The van der Waals surface area contributed by atoms with Crippen molar-refractivity contribution in [2.45, 2.75) is 31.7 Å². The fourth-order valence-corrected chi connectivity index (χ4v) is 2.89. The molecule has 0 spiro atoms. The molecule has 5 nitrogen and oxygen atoms in total. The van der Waals surface area contributed by atoms with Crippen molar-refractivity contribution in [1.82, 2.24) is 15.5 Å². The summed E-state index contributed by atoms with van der Waals surface area (Å²) in [7, 11) is 1.82. The van der Waals surface area contributed by atoms with Crippen LogP contribution in [0.4, 0.5) is 0 Å². The van der Waals surface area contributed by atoms with E-state index >= 15 is 0 Å². The molecule has 0 bridgehead atoms. The fourth-order valence-electron chi connectivity index (χ4n) is 2.89. The second-order valence-electron chi connectivity index (χ2n) is 6.76. The summed E-state index contributed by atoms with van der Waals surface area (Å²) in [6.45, 7) is 4.72. The number of aliphatic imine (C=N–C) groups is 1. The van der Waals surface area contributed by atoms with Gasteiger partial charge in [0.05, 0.1) is 6.54 Å². The summed E-state index contributed by atoms with van der Waals surface area (Å²) >= 11 is 0. The number of para-hydroxylation sites is 1. The van der Waals surface area contributed by atoms with Gasteiger partial charge in [0, 0.05) is 32.7 Å². The lowest BCUT2D eigenvalue weighted by atomic mass is 10.3. The molecule has 6 heteroatoms. The standard InChI is InChI=1S/C19H30N4O.HI/c1-20-19(22-12-14-24-18-5-3-2-4-6-18)21-11-13-23(17-9-10-17)15-16-7-8-16;/h2-6,16-17H,7-15H2,1H3,(H2,20,21,22);1H. The third kappa shape index (κ3) is 7.81. The molecule has 0 radical (unpaired) electrons. The molecule has 1 aromatic carbocycles. The minimum atomic E-state index is 0. The summed E-state index contributed by atoms with van der Waals surface area (Å²) in [5, 5.41) is 6.72. The Morgan fingerprint density at radius 2 is 1.84 bits per heavy atom. The highest BCUT2D eigenvalue weighted by atomic mass is 127. The lowest BCUT2D eigenvalue weighted by Crippen LogP contribution is -2.43. The first-order valence-electron chi connectivity index (χ1n) is 9.21. The Morgan fingerprint density at radius 1 is 1.12 bits per heavy atom. The molecule has 2 saturated carbocycles. The smallest absolute Gasteiger partial charge is 0.191 e. The monoisotopic (exact) mass is 458 g/mol. The number of benzene rings is 1. The highest BCUT2D eigenvalue weighted by Gasteiger charge is 2.33. The van der Waals surface area contributed by atoms with Crippen LogP contribution in [-0.2, 0) is 0 Å². The number of halogens is 1. The van der Waals surface area contributed by atoms with Gasteiger partial charge in [-0.05, 0) is 43.7 Å². The summed E-state index contributed by atoms with van der Waals surface area (Å²) in [6, 6.07) is 10.7. The lowest BCUT2D eigenvalue weighted by Gasteiger charge is -2.22. The van der Waals surface area contributed by atoms with E-state index in [1.165, 1.54) is 32.2 Å². The molecule has 0 unspecified atom stereocenters. The van der Waals surface area contributed by atoms with Crippen LogP contribution in [0.1, 0.15) is 25.7 Å². The molecule has 0 aliphatic heterocycles. The average molecular weight is 458 g/mol. The van der Waals surface area contributed by atoms with E-state index in [9.17, 15) is 0 Å². The van der Waals surface area contributed by atoms with E-state index in [2.05, 4.69) is 20.5 Å². The van der Waals surface area contributed by atoms with Crippen LogP contribution in [0.2, 0.25) is 0 Å². The van der Waals surface area contributed by atoms with Gasteiger partial charge >= 0.3 is 0 Å². The summed E-state index contributed by atoms with van der Waals surface area (Å²) in [5.74, 6) is 2.73. The summed E-state index contributed by atoms with van der Waals surface area (Å²) in [5.41, 5.74) is 0. The lowest BCUT2D eigenvalue weighted by molar-refractivity contribution is 0.256. The van der Waals surface area contributed by atoms with Crippen molar-refractivity contribution in [1.29, 1.82) is 0 Å². The predicted molar refractivity (Wildman–Crippen MR) is 114 cm³/mol. The molecule has 0 aromatic heterocycles. The van der Waals surface area contributed by atoms with E-state index in [0.717, 1.165) is 43.3 Å². The third-order valence-corrected chi connectivity index (χ3v) is 4.57. The number of nitrogens with zero attached hydrogens (tertiary/aromatic N) is 2. The Hall–Kier alpha value is -1.02.